The van der Waals surface area contributed by atoms with E-state index in [0.29, 0.717) is 13.0 Å². The van der Waals surface area contributed by atoms with Gasteiger partial charge in [0, 0.05) is 6.42 Å². The van der Waals surface area contributed by atoms with Crippen LogP contribution in [0.3, 0.4) is 0 Å². The van der Waals surface area contributed by atoms with E-state index in [2.05, 4.69) is 6.92 Å². The Morgan fingerprint density at radius 2 is 0.963 bits per heavy atom. The quantitative estimate of drug-likeness (QED) is 0.160. The van der Waals surface area contributed by atoms with Crippen molar-refractivity contribution in [3.8, 4) is 0 Å². The van der Waals surface area contributed by atoms with E-state index in [0.717, 1.165) is 12.8 Å². The second kappa shape index (κ2) is 24.0. The Bertz CT molecular complexity index is 334. The zero-order valence-corrected chi connectivity index (χ0v) is 17.4. The molecule has 0 fully saturated rings. The van der Waals surface area contributed by atoms with Crippen LogP contribution >= 0.6 is 0 Å². The molecule has 0 aliphatic rings. The average molecular weight is 395 g/mol. The minimum atomic E-state index is -0.475. The fraction of sp³-hybridized carbons (Fsp3) is 0.909. The zero-order valence-electron chi connectivity index (χ0n) is 17.4. The van der Waals surface area contributed by atoms with Crippen LogP contribution in [0.25, 0.3) is 0 Å². The van der Waals surface area contributed by atoms with Gasteiger partial charge in [0.15, 0.2) is 6.61 Å². The van der Waals surface area contributed by atoms with Crippen molar-refractivity contribution in [3.05, 3.63) is 0 Å². The first-order valence-electron chi connectivity index (χ1n) is 11.0. The third-order valence-corrected chi connectivity index (χ3v) is 4.64. The molecule has 0 radical (unpaired) electrons. The summed E-state index contributed by atoms with van der Waals surface area (Å²) in [7, 11) is 0. The van der Waals surface area contributed by atoms with E-state index in [1.807, 2.05) is 0 Å². The van der Waals surface area contributed by atoms with Crippen molar-refractivity contribution >= 4 is 41.5 Å². The number of carbonyl (C=O) groups is 2. The van der Waals surface area contributed by atoms with Crippen LogP contribution in [0, 0.1) is 0 Å². The summed E-state index contributed by atoms with van der Waals surface area (Å²) >= 11 is 0. The number of carbonyl (C=O) groups excluding carboxylic acids is 2. The molecule has 0 amide bonds. The maximum absolute atomic E-state index is 11.5. The molecule has 0 spiro atoms. The topological polar surface area (TPSA) is 52.6 Å². The van der Waals surface area contributed by atoms with E-state index < -0.39 is 5.97 Å². The van der Waals surface area contributed by atoms with Crippen LogP contribution in [0.1, 0.15) is 117 Å². The normalized spacial score (nSPS) is 10.3. The van der Waals surface area contributed by atoms with Crippen molar-refractivity contribution in [2.24, 2.45) is 0 Å². The van der Waals surface area contributed by atoms with Gasteiger partial charge in [-0.1, -0.05) is 96.8 Å². The second-order valence-corrected chi connectivity index (χ2v) is 7.17. The number of esters is 2. The summed E-state index contributed by atoms with van der Waals surface area (Å²) in [6.07, 6.45) is 20.0. The molecular weight excluding hydrogens is 351 g/mol. The molecule has 0 N–H and O–H groups in total. The molecule has 0 aromatic heterocycles. The van der Waals surface area contributed by atoms with Gasteiger partial charge in [-0.25, -0.2) is 4.79 Å². The Hall–Kier alpha value is -0.0600. The average Bonchev–Trinajstić information content (AvgIpc) is 2.63. The van der Waals surface area contributed by atoms with Gasteiger partial charge < -0.3 is 9.47 Å². The van der Waals surface area contributed by atoms with Crippen LogP contribution in [-0.4, -0.2) is 54.7 Å². The molecule has 0 heterocycles. The molecule has 0 bridgehead atoms. The molecule has 0 atom stereocenters. The number of hydrogen-bond acceptors (Lipinski definition) is 4. The number of ether oxygens (including phenoxy) is 2. The predicted octanol–water partition coefficient (Wildman–Crippen LogP) is 5.71. The van der Waals surface area contributed by atoms with Crippen molar-refractivity contribution in [3.63, 3.8) is 0 Å². The molecule has 5 heteroatoms. The van der Waals surface area contributed by atoms with E-state index >= 15 is 0 Å². The van der Waals surface area contributed by atoms with Crippen LogP contribution < -0.4 is 0 Å². The summed E-state index contributed by atoms with van der Waals surface area (Å²) in [4.78, 5) is 22.5. The monoisotopic (exact) mass is 394 g/mol. The molecule has 0 aromatic rings. The van der Waals surface area contributed by atoms with Gasteiger partial charge in [-0.3, -0.25) is 4.79 Å². The van der Waals surface area contributed by atoms with Crippen LogP contribution in [-0.2, 0) is 19.1 Å². The predicted molar refractivity (Wildman–Crippen MR) is 114 cm³/mol. The minimum absolute atomic E-state index is 0. The van der Waals surface area contributed by atoms with Gasteiger partial charge in [0.2, 0.25) is 0 Å². The Morgan fingerprint density at radius 3 is 1.37 bits per heavy atom. The Balaban J connectivity index is 0. The van der Waals surface area contributed by atoms with Gasteiger partial charge in [-0.15, -0.1) is 0 Å². The second-order valence-electron chi connectivity index (χ2n) is 7.17. The van der Waals surface area contributed by atoms with Gasteiger partial charge in [0.05, 0.1) is 6.61 Å². The van der Waals surface area contributed by atoms with E-state index in [1.165, 1.54) is 83.5 Å². The summed E-state index contributed by atoms with van der Waals surface area (Å²) in [5.41, 5.74) is 0. The molecule has 0 saturated heterocycles. The molecular formula is C22H43NaO4. The first-order chi connectivity index (χ1) is 12.7. The summed E-state index contributed by atoms with van der Waals surface area (Å²) < 4.78 is 9.57. The number of hydrogen-bond donors (Lipinski definition) is 0. The molecule has 0 aromatic carbocycles. The van der Waals surface area contributed by atoms with Gasteiger partial charge in [0.1, 0.15) is 0 Å². The van der Waals surface area contributed by atoms with Gasteiger partial charge in [0.25, 0.3) is 0 Å². The maximum atomic E-state index is 11.5. The summed E-state index contributed by atoms with van der Waals surface area (Å²) in [5, 5.41) is 0. The summed E-state index contributed by atoms with van der Waals surface area (Å²) in [6, 6.07) is 0. The van der Waals surface area contributed by atoms with Crippen LogP contribution in [0.2, 0.25) is 0 Å². The molecule has 0 aliphatic carbocycles. The van der Waals surface area contributed by atoms with E-state index in [1.54, 1.807) is 6.92 Å². The third kappa shape index (κ3) is 23.9. The van der Waals surface area contributed by atoms with Crippen LogP contribution in [0.4, 0.5) is 0 Å². The molecule has 4 nitrogen and oxygen atoms in total. The van der Waals surface area contributed by atoms with Crippen molar-refractivity contribution < 1.29 is 19.1 Å². The first-order valence-corrected chi connectivity index (χ1v) is 11.0. The number of rotatable bonds is 19. The van der Waals surface area contributed by atoms with Gasteiger partial charge >= 0.3 is 41.5 Å². The van der Waals surface area contributed by atoms with E-state index in [4.69, 9.17) is 9.47 Å². The first kappa shape index (κ1) is 29.1. The van der Waals surface area contributed by atoms with E-state index in [-0.39, 0.29) is 42.1 Å². The van der Waals surface area contributed by atoms with Crippen molar-refractivity contribution in [1.82, 2.24) is 0 Å². The van der Waals surface area contributed by atoms with Crippen molar-refractivity contribution in [2.75, 3.05) is 13.2 Å². The third-order valence-electron chi connectivity index (χ3n) is 4.64. The van der Waals surface area contributed by atoms with Crippen molar-refractivity contribution in [2.45, 2.75) is 117 Å². The Labute approximate surface area is 189 Å². The molecule has 156 valence electrons. The van der Waals surface area contributed by atoms with Crippen molar-refractivity contribution in [1.29, 1.82) is 0 Å². The van der Waals surface area contributed by atoms with Crippen LogP contribution in [0.15, 0.2) is 0 Å². The summed E-state index contributed by atoms with van der Waals surface area (Å²) in [6.45, 7) is 4.05. The fourth-order valence-electron chi connectivity index (χ4n) is 3.05. The van der Waals surface area contributed by atoms with Crippen LogP contribution in [0.5, 0.6) is 0 Å². The molecule has 27 heavy (non-hydrogen) atoms. The SMILES string of the molecule is CCCCCCCCCCCCCCCCCC(=O)OCC(=O)OCC.[NaH]. The number of unbranched alkanes of at least 4 members (excludes halogenated alkanes) is 14. The molecule has 0 saturated carbocycles. The molecule has 0 unspecified atom stereocenters. The molecule has 0 rings (SSSR count). The van der Waals surface area contributed by atoms with Gasteiger partial charge in [-0.2, -0.15) is 0 Å². The Morgan fingerprint density at radius 1 is 0.556 bits per heavy atom. The zero-order chi connectivity index (χ0) is 19.3. The fourth-order valence-corrected chi connectivity index (χ4v) is 3.05. The van der Waals surface area contributed by atoms with Gasteiger partial charge in [-0.05, 0) is 13.3 Å². The van der Waals surface area contributed by atoms with E-state index in [9.17, 15) is 9.59 Å². The molecule has 0 aliphatic heterocycles. The summed E-state index contributed by atoms with van der Waals surface area (Å²) in [5.74, 6) is -0.773. The Kier molecular flexibility index (Phi) is 25.9. The standard InChI is InChI=1S/C22H42O4.Na.H/c1-3-5-6-7-8-9-10-11-12-13-14-15-16-17-18-19-21(23)26-20-22(24)25-4-2;;/h3-20H2,1-2H3;;.